The lowest BCUT2D eigenvalue weighted by atomic mass is 10.1. The number of aromatic carboxylic acids is 1. The van der Waals surface area contributed by atoms with Crippen LogP contribution in [0.2, 0.25) is 0 Å². The first kappa shape index (κ1) is 19.3. The van der Waals surface area contributed by atoms with E-state index in [-0.39, 0.29) is 16.8 Å². The quantitative estimate of drug-likeness (QED) is 0.329. The topological polar surface area (TPSA) is 155 Å². The Labute approximate surface area is 162 Å². The first-order valence-electron chi connectivity index (χ1n) is 8.09. The minimum atomic E-state index is -1.03. The molecule has 0 saturated heterocycles. The second kappa shape index (κ2) is 8.05. The highest BCUT2D eigenvalue weighted by Gasteiger charge is 2.16. The van der Waals surface area contributed by atoms with Crippen molar-refractivity contribution in [1.82, 2.24) is 5.43 Å². The van der Waals surface area contributed by atoms with Crippen molar-refractivity contribution < 1.29 is 29.1 Å². The van der Waals surface area contributed by atoms with Gasteiger partial charge in [0.25, 0.3) is 11.6 Å². The number of hydrogen-bond donors (Lipinski definition) is 3. The fourth-order valence-electron chi connectivity index (χ4n) is 2.39. The molecule has 0 spiro atoms. The first-order valence-corrected chi connectivity index (χ1v) is 8.09. The number of nitrogens with zero attached hydrogens (tertiary/aromatic N) is 2. The van der Waals surface area contributed by atoms with Crippen LogP contribution in [-0.4, -0.2) is 33.2 Å². The third-order valence-electron chi connectivity index (χ3n) is 3.84. The van der Waals surface area contributed by atoms with Crippen molar-refractivity contribution in [2.45, 2.75) is 0 Å². The van der Waals surface area contributed by atoms with Crippen LogP contribution in [0.15, 0.2) is 64.1 Å². The SMILES string of the molecule is O=C(O)c1ccc(-c2ccc(/C=N\NC(=O)c3cc([N+](=O)[O-])ccc3O)o2)cc1. The van der Waals surface area contributed by atoms with Crippen molar-refractivity contribution >= 4 is 23.8 Å². The summed E-state index contributed by atoms with van der Waals surface area (Å²) in [7, 11) is 0. The number of carboxylic acid groups (broad SMARTS) is 1. The molecule has 0 aliphatic carbocycles. The second-order valence-corrected chi connectivity index (χ2v) is 5.74. The molecule has 0 atom stereocenters. The molecule has 2 aromatic carbocycles. The third-order valence-corrected chi connectivity index (χ3v) is 3.84. The van der Waals surface area contributed by atoms with E-state index in [1.807, 2.05) is 0 Å². The van der Waals surface area contributed by atoms with Crippen LogP contribution < -0.4 is 5.43 Å². The van der Waals surface area contributed by atoms with Crippen LogP contribution in [0.1, 0.15) is 26.5 Å². The molecule has 0 unspecified atom stereocenters. The van der Waals surface area contributed by atoms with Crippen molar-refractivity contribution in [3.8, 4) is 17.1 Å². The normalized spacial score (nSPS) is 10.8. The molecule has 3 aromatic rings. The molecule has 0 radical (unpaired) electrons. The van der Waals surface area contributed by atoms with Crippen molar-refractivity contribution in [2.24, 2.45) is 5.10 Å². The third kappa shape index (κ3) is 4.45. The number of furan rings is 1. The van der Waals surface area contributed by atoms with E-state index in [1.54, 1.807) is 24.3 Å². The number of phenols is 1. The number of nitrogens with one attached hydrogen (secondary N) is 1. The Bertz CT molecular complexity index is 1120. The van der Waals surface area contributed by atoms with Gasteiger partial charge in [0.05, 0.1) is 22.3 Å². The molecule has 29 heavy (non-hydrogen) atoms. The van der Waals surface area contributed by atoms with E-state index >= 15 is 0 Å². The fraction of sp³-hybridized carbons (Fsp3) is 0. The predicted molar refractivity (Wildman–Crippen MR) is 101 cm³/mol. The number of nitro benzene ring substituents is 1. The maximum atomic E-state index is 12.1. The summed E-state index contributed by atoms with van der Waals surface area (Å²) in [5, 5.41) is 33.1. The minimum Gasteiger partial charge on any atom is -0.507 e. The van der Waals surface area contributed by atoms with Crippen LogP contribution in [0.5, 0.6) is 5.75 Å². The molecule has 0 bridgehead atoms. The lowest BCUT2D eigenvalue weighted by Crippen LogP contribution is -2.17. The van der Waals surface area contributed by atoms with Gasteiger partial charge in [-0.3, -0.25) is 14.9 Å². The minimum absolute atomic E-state index is 0.147. The molecule has 3 N–H and O–H groups in total. The van der Waals surface area contributed by atoms with E-state index in [2.05, 4.69) is 10.5 Å². The van der Waals surface area contributed by atoms with E-state index in [4.69, 9.17) is 9.52 Å². The predicted octanol–water partition coefficient (Wildman–Crippen LogP) is 3.02. The van der Waals surface area contributed by atoms with Crippen LogP contribution in [0.3, 0.4) is 0 Å². The summed E-state index contributed by atoms with van der Waals surface area (Å²) in [6.45, 7) is 0. The van der Waals surface area contributed by atoms with Crippen LogP contribution in [0.25, 0.3) is 11.3 Å². The average Bonchev–Trinajstić information content (AvgIpc) is 3.17. The van der Waals surface area contributed by atoms with Crippen LogP contribution in [0, 0.1) is 10.1 Å². The van der Waals surface area contributed by atoms with Crippen LogP contribution >= 0.6 is 0 Å². The summed E-state index contributed by atoms with van der Waals surface area (Å²) < 4.78 is 5.55. The number of amides is 1. The number of aromatic hydroxyl groups is 1. The standard InChI is InChI=1S/C19H13N3O7/c23-16-7-5-13(22(27)28)9-15(16)18(24)21-20-10-14-6-8-17(29-14)11-1-3-12(4-2-11)19(25)26/h1-10,23H,(H,21,24)(H,25,26)/b20-10-. The molecule has 1 aromatic heterocycles. The average molecular weight is 395 g/mol. The van der Waals surface area contributed by atoms with Gasteiger partial charge in [-0.1, -0.05) is 12.1 Å². The van der Waals surface area contributed by atoms with E-state index in [0.717, 1.165) is 18.2 Å². The molecule has 1 amide bonds. The molecule has 1 heterocycles. The number of phenolic OH excluding ortho intramolecular Hbond substituents is 1. The van der Waals surface area contributed by atoms with Gasteiger partial charge < -0.3 is 14.6 Å². The zero-order valence-electron chi connectivity index (χ0n) is 14.6. The number of hydrazone groups is 1. The summed E-state index contributed by atoms with van der Waals surface area (Å²) in [5.41, 5.74) is 2.30. The summed E-state index contributed by atoms with van der Waals surface area (Å²) >= 11 is 0. The Balaban J connectivity index is 1.68. The number of benzene rings is 2. The van der Waals surface area contributed by atoms with Crippen molar-refractivity contribution in [1.29, 1.82) is 0 Å². The lowest BCUT2D eigenvalue weighted by Gasteiger charge is -2.02. The summed E-state index contributed by atoms with van der Waals surface area (Å²) in [6, 6.07) is 12.4. The van der Waals surface area contributed by atoms with Gasteiger partial charge >= 0.3 is 5.97 Å². The Kier molecular flexibility index (Phi) is 5.35. The smallest absolute Gasteiger partial charge is 0.335 e. The molecule has 0 saturated carbocycles. The van der Waals surface area contributed by atoms with Crippen molar-refractivity contribution in [3.63, 3.8) is 0 Å². The van der Waals surface area contributed by atoms with Crippen LogP contribution in [-0.2, 0) is 0 Å². The molecule has 3 rings (SSSR count). The van der Waals surface area contributed by atoms with Crippen molar-refractivity contribution in [3.05, 3.63) is 81.6 Å². The number of nitro groups is 1. The van der Waals surface area contributed by atoms with Gasteiger partial charge in [-0.05, 0) is 30.3 Å². The first-order chi connectivity index (χ1) is 13.8. The maximum absolute atomic E-state index is 12.1. The number of carboxylic acids is 1. The molecule has 0 aliphatic rings. The number of hydrogen-bond acceptors (Lipinski definition) is 7. The Morgan fingerprint density at radius 2 is 1.83 bits per heavy atom. The highest BCUT2D eigenvalue weighted by atomic mass is 16.6. The van der Waals surface area contributed by atoms with Crippen LogP contribution in [0.4, 0.5) is 5.69 Å². The monoisotopic (exact) mass is 395 g/mol. The van der Waals surface area contributed by atoms with Gasteiger partial charge in [0.1, 0.15) is 17.3 Å². The number of non-ortho nitro benzene ring substituents is 1. The van der Waals surface area contributed by atoms with Gasteiger partial charge in [-0.2, -0.15) is 5.10 Å². The molecule has 10 nitrogen and oxygen atoms in total. The highest BCUT2D eigenvalue weighted by Crippen LogP contribution is 2.23. The van der Waals surface area contributed by atoms with Gasteiger partial charge in [0, 0.05) is 17.7 Å². The summed E-state index contributed by atoms with van der Waals surface area (Å²) in [6.07, 6.45) is 1.21. The molecular formula is C19H13N3O7. The largest absolute Gasteiger partial charge is 0.507 e. The number of carbonyl (C=O) groups is 2. The highest BCUT2D eigenvalue weighted by molar-refractivity contribution is 5.97. The summed E-state index contributed by atoms with van der Waals surface area (Å²) in [5.74, 6) is -1.53. The lowest BCUT2D eigenvalue weighted by molar-refractivity contribution is -0.384. The maximum Gasteiger partial charge on any atom is 0.335 e. The van der Waals surface area contributed by atoms with Gasteiger partial charge in [-0.15, -0.1) is 0 Å². The molecule has 0 aliphatic heterocycles. The molecular weight excluding hydrogens is 382 g/mol. The molecule has 10 heteroatoms. The number of carbonyl (C=O) groups excluding carboxylic acids is 1. The Morgan fingerprint density at radius 3 is 2.48 bits per heavy atom. The second-order valence-electron chi connectivity index (χ2n) is 5.74. The number of rotatable bonds is 6. The van der Waals surface area contributed by atoms with Gasteiger partial charge in [0.15, 0.2) is 0 Å². The Hall–Kier alpha value is -4.47. The van der Waals surface area contributed by atoms with Crippen molar-refractivity contribution in [2.75, 3.05) is 0 Å². The zero-order chi connectivity index (χ0) is 21.0. The van der Waals surface area contributed by atoms with E-state index in [0.29, 0.717) is 17.1 Å². The fourth-order valence-corrected chi connectivity index (χ4v) is 2.39. The molecule has 0 fully saturated rings. The van der Waals surface area contributed by atoms with E-state index < -0.39 is 22.5 Å². The molecule has 146 valence electrons. The summed E-state index contributed by atoms with van der Waals surface area (Å²) in [4.78, 5) is 33.0. The van der Waals surface area contributed by atoms with Gasteiger partial charge in [0.2, 0.25) is 0 Å². The van der Waals surface area contributed by atoms with E-state index in [1.165, 1.54) is 18.3 Å². The zero-order valence-corrected chi connectivity index (χ0v) is 14.6. The van der Waals surface area contributed by atoms with Gasteiger partial charge in [-0.25, -0.2) is 10.2 Å². The Morgan fingerprint density at radius 1 is 1.10 bits per heavy atom. The van der Waals surface area contributed by atoms with E-state index in [9.17, 15) is 24.8 Å².